The molecule has 18 heavy (non-hydrogen) atoms. The van der Waals surface area contributed by atoms with Gasteiger partial charge in [-0.2, -0.15) is 10.2 Å². The SMILES string of the molecule is CCc1ccc(N=Nc2ccc(C=O)cc2)cc1. The van der Waals surface area contributed by atoms with Gasteiger partial charge in [0.15, 0.2) is 0 Å². The van der Waals surface area contributed by atoms with Crippen LogP contribution >= 0.6 is 0 Å². The van der Waals surface area contributed by atoms with Crippen LogP contribution in [0.2, 0.25) is 0 Å². The first-order valence-corrected chi connectivity index (χ1v) is 5.87. The van der Waals surface area contributed by atoms with Crippen LogP contribution < -0.4 is 0 Å². The summed E-state index contributed by atoms with van der Waals surface area (Å²) in [5.41, 5.74) is 3.48. The predicted molar refractivity (Wildman–Crippen MR) is 71.8 cm³/mol. The number of nitrogens with zero attached hydrogens (tertiary/aromatic N) is 2. The van der Waals surface area contributed by atoms with Crippen molar-refractivity contribution in [1.29, 1.82) is 0 Å². The number of hydrogen-bond donors (Lipinski definition) is 0. The lowest BCUT2D eigenvalue weighted by Crippen LogP contribution is -1.76. The number of benzene rings is 2. The van der Waals surface area contributed by atoms with E-state index in [4.69, 9.17) is 0 Å². The molecule has 0 saturated heterocycles. The third-order valence-corrected chi connectivity index (χ3v) is 2.65. The van der Waals surface area contributed by atoms with E-state index in [1.165, 1.54) is 5.56 Å². The highest BCUT2D eigenvalue weighted by Gasteiger charge is 1.93. The number of carbonyl (C=O) groups excluding carboxylic acids is 1. The van der Waals surface area contributed by atoms with Crippen molar-refractivity contribution in [3.05, 3.63) is 59.7 Å². The molecular weight excluding hydrogens is 224 g/mol. The number of azo groups is 1. The van der Waals surface area contributed by atoms with E-state index in [-0.39, 0.29) is 0 Å². The van der Waals surface area contributed by atoms with E-state index in [2.05, 4.69) is 17.2 Å². The van der Waals surface area contributed by atoms with Crippen molar-refractivity contribution in [3.63, 3.8) is 0 Å². The Labute approximate surface area is 106 Å². The van der Waals surface area contributed by atoms with Gasteiger partial charge in [-0.05, 0) is 48.4 Å². The van der Waals surface area contributed by atoms with Crippen LogP contribution in [-0.2, 0) is 6.42 Å². The summed E-state index contributed by atoms with van der Waals surface area (Å²) in [6.07, 6.45) is 1.83. The molecule has 0 heterocycles. The maximum absolute atomic E-state index is 10.5. The fraction of sp³-hybridized carbons (Fsp3) is 0.133. The molecule has 0 spiro atoms. The Bertz CT molecular complexity index is 542. The Morgan fingerprint density at radius 1 is 0.889 bits per heavy atom. The molecule has 0 bridgehead atoms. The molecule has 0 aliphatic rings. The van der Waals surface area contributed by atoms with E-state index in [1.54, 1.807) is 24.3 Å². The van der Waals surface area contributed by atoms with Crippen LogP contribution in [-0.4, -0.2) is 6.29 Å². The molecule has 0 fully saturated rings. The number of rotatable bonds is 4. The highest BCUT2D eigenvalue weighted by molar-refractivity contribution is 5.75. The Hall–Kier alpha value is -2.29. The van der Waals surface area contributed by atoms with Gasteiger partial charge in [0.2, 0.25) is 0 Å². The summed E-state index contributed by atoms with van der Waals surface area (Å²) in [4.78, 5) is 10.5. The zero-order valence-electron chi connectivity index (χ0n) is 10.2. The van der Waals surface area contributed by atoms with E-state index in [9.17, 15) is 4.79 Å². The molecule has 0 radical (unpaired) electrons. The molecule has 0 atom stereocenters. The fourth-order valence-corrected chi connectivity index (χ4v) is 1.53. The van der Waals surface area contributed by atoms with Crippen molar-refractivity contribution in [2.45, 2.75) is 13.3 Å². The number of aryl methyl sites for hydroxylation is 1. The topological polar surface area (TPSA) is 41.8 Å². The molecule has 0 unspecified atom stereocenters. The third-order valence-electron chi connectivity index (χ3n) is 2.65. The van der Waals surface area contributed by atoms with Gasteiger partial charge in [0.05, 0.1) is 11.4 Å². The summed E-state index contributed by atoms with van der Waals surface area (Å²) in [5, 5.41) is 8.26. The summed E-state index contributed by atoms with van der Waals surface area (Å²) < 4.78 is 0. The van der Waals surface area contributed by atoms with Crippen LogP contribution in [0.3, 0.4) is 0 Å². The van der Waals surface area contributed by atoms with Crippen molar-refractivity contribution < 1.29 is 4.79 Å². The van der Waals surface area contributed by atoms with E-state index < -0.39 is 0 Å². The third kappa shape index (κ3) is 3.10. The summed E-state index contributed by atoms with van der Waals surface area (Å²) in [6, 6.07) is 15.0. The van der Waals surface area contributed by atoms with Crippen LogP contribution in [0.25, 0.3) is 0 Å². The summed E-state index contributed by atoms with van der Waals surface area (Å²) in [6.45, 7) is 2.12. The second-order valence-corrected chi connectivity index (χ2v) is 3.93. The average molecular weight is 238 g/mol. The summed E-state index contributed by atoms with van der Waals surface area (Å²) in [7, 11) is 0. The molecule has 2 aromatic carbocycles. The van der Waals surface area contributed by atoms with Gasteiger partial charge >= 0.3 is 0 Å². The van der Waals surface area contributed by atoms with Gasteiger partial charge in [-0.1, -0.05) is 19.1 Å². The van der Waals surface area contributed by atoms with Crippen molar-refractivity contribution >= 4 is 17.7 Å². The molecule has 2 rings (SSSR count). The molecule has 0 aromatic heterocycles. The molecule has 90 valence electrons. The maximum Gasteiger partial charge on any atom is 0.150 e. The van der Waals surface area contributed by atoms with Gasteiger partial charge in [-0.3, -0.25) is 4.79 Å². The van der Waals surface area contributed by atoms with Crippen molar-refractivity contribution in [1.82, 2.24) is 0 Å². The van der Waals surface area contributed by atoms with Gasteiger partial charge in [0, 0.05) is 5.56 Å². The molecule has 0 amide bonds. The van der Waals surface area contributed by atoms with Crippen molar-refractivity contribution in [2.75, 3.05) is 0 Å². The van der Waals surface area contributed by atoms with Crippen LogP contribution in [0.5, 0.6) is 0 Å². The first-order valence-electron chi connectivity index (χ1n) is 5.87. The second-order valence-electron chi connectivity index (χ2n) is 3.93. The molecule has 3 nitrogen and oxygen atoms in total. The molecule has 0 N–H and O–H groups in total. The molecular formula is C15H14N2O. The lowest BCUT2D eigenvalue weighted by Gasteiger charge is -1.96. The van der Waals surface area contributed by atoms with Crippen molar-refractivity contribution in [2.24, 2.45) is 10.2 Å². The maximum atomic E-state index is 10.5. The Morgan fingerprint density at radius 3 is 1.83 bits per heavy atom. The Morgan fingerprint density at radius 2 is 1.39 bits per heavy atom. The van der Waals surface area contributed by atoms with Crippen LogP contribution in [0, 0.1) is 0 Å². The lowest BCUT2D eigenvalue weighted by molar-refractivity contribution is 0.112. The van der Waals surface area contributed by atoms with Gasteiger partial charge < -0.3 is 0 Å². The van der Waals surface area contributed by atoms with E-state index in [0.29, 0.717) is 5.56 Å². The van der Waals surface area contributed by atoms with E-state index in [0.717, 1.165) is 24.1 Å². The van der Waals surface area contributed by atoms with Crippen LogP contribution in [0.4, 0.5) is 11.4 Å². The molecule has 0 saturated carbocycles. The largest absolute Gasteiger partial charge is 0.298 e. The zero-order chi connectivity index (χ0) is 12.8. The van der Waals surface area contributed by atoms with Gasteiger partial charge in [-0.25, -0.2) is 0 Å². The Kier molecular flexibility index (Phi) is 3.97. The minimum absolute atomic E-state index is 0.640. The Balaban J connectivity index is 2.10. The average Bonchev–Trinajstić information content (AvgIpc) is 2.46. The molecule has 2 aromatic rings. The summed E-state index contributed by atoms with van der Waals surface area (Å²) in [5.74, 6) is 0. The number of aldehydes is 1. The van der Waals surface area contributed by atoms with Gasteiger partial charge in [-0.15, -0.1) is 0 Å². The zero-order valence-corrected chi connectivity index (χ0v) is 10.2. The number of carbonyl (C=O) groups is 1. The molecule has 0 aliphatic carbocycles. The smallest absolute Gasteiger partial charge is 0.150 e. The van der Waals surface area contributed by atoms with Gasteiger partial charge in [0.1, 0.15) is 6.29 Å². The van der Waals surface area contributed by atoms with Crippen LogP contribution in [0.15, 0.2) is 58.8 Å². The number of hydrogen-bond acceptors (Lipinski definition) is 3. The lowest BCUT2D eigenvalue weighted by atomic mass is 10.2. The monoisotopic (exact) mass is 238 g/mol. The van der Waals surface area contributed by atoms with Crippen LogP contribution in [0.1, 0.15) is 22.8 Å². The molecule has 3 heteroatoms. The quantitative estimate of drug-likeness (QED) is 0.572. The second kappa shape index (κ2) is 5.87. The summed E-state index contributed by atoms with van der Waals surface area (Å²) >= 11 is 0. The minimum Gasteiger partial charge on any atom is -0.298 e. The first kappa shape index (κ1) is 12.2. The minimum atomic E-state index is 0.640. The van der Waals surface area contributed by atoms with E-state index >= 15 is 0 Å². The van der Waals surface area contributed by atoms with Gasteiger partial charge in [0.25, 0.3) is 0 Å². The van der Waals surface area contributed by atoms with E-state index in [1.807, 2.05) is 24.3 Å². The highest BCUT2D eigenvalue weighted by atomic mass is 16.1. The molecule has 0 aliphatic heterocycles. The fourth-order valence-electron chi connectivity index (χ4n) is 1.53. The predicted octanol–water partition coefficient (Wildman–Crippen LogP) is 4.48. The first-order chi connectivity index (χ1) is 8.81. The normalized spacial score (nSPS) is 10.7. The standard InChI is InChI=1S/C15H14N2O/c1-2-12-3-7-14(8-4-12)16-17-15-9-5-13(11-18)6-10-15/h3-11H,2H2,1H3. The highest BCUT2D eigenvalue weighted by Crippen LogP contribution is 2.19. The van der Waals surface area contributed by atoms with Crippen molar-refractivity contribution in [3.8, 4) is 0 Å².